The number of benzene rings is 1. The molecular formula is C20H26N4O3. The number of amides is 3. The van der Waals surface area contributed by atoms with Gasteiger partial charge in [0.25, 0.3) is 5.91 Å². The third kappa shape index (κ3) is 5.57. The van der Waals surface area contributed by atoms with E-state index in [9.17, 15) is 14.4 Å². The molecule has 27 heavy (non-hydrogen) atoms. The van der Waals surface area contributed by atoms with Gasteiger partial charge in [-0.2, -0.15) is 0 Å². The molecule has 1 aromatic heterocycles. The maximum atomic E-state index is 12.0. The lowest BCUT2D eigenvalue weighted by Crippen LogP contribution is -2.43. The molecule has 144 valence electrons. The molecule has 0 atom stereocenters. The normalized spacial score (nSPS) is 14.7. The van der Waals surface area contributed by atoms with E-state index in [-0.39, 0.29) is 43.1 Å². The van der Waals surface area contributed by atoms with Crippen molar-refractivity contribution >= 4 is 28.6 Å². The van der Waals surface area contributed by atoms with Crippen LogP contribution >= 0.6 is 0 Å². The van der Waals surface area contributed by atoms with Gasteiger partial charge in [0.05, 0.1) is 0 Å². The van der Waals surface area contributed by atoms with Crippen LogP contribution in [0.15, 0.2) is 36.5 Å². The van der Waals surface area contributed by atoms with Gasteiger partial charge in [-0.25, -0.2) is 0 Å². The minimum absolute atomic E-state index is 0.0469. The third-order valence-electron chi connectivity index (χ3n) is 4.88. The Labute approximate surface area is 158 Å². The molecule has 3 N–H and O–H groups in total. The zero-order valence-corrected chi connectivity index (χ0v) is 15.4. The van der Waals surface area contributed by atoms with Crippen molar-refractivity contribution in [3.63, 3.8) is 0 Å². The summed E-state index contributed by atoms with van der Waals surface area (Å²) in [6, 6.07) is 9.95. The zero-order chi connectivity index (χ0) is 19.1. The van der Waals surface area contributed by atoms with E-state index in [2.05, 4.69) is 16.2 Å². The minimum Gasteiger partial charge on any atom is -0.353 e. The molecule has 0 spiro atoms. The van der Waals surface area contributed by atoms with E-state index < -0.39 is 0 Å². The quantitative estimate of drug-likeness (QED) is 0.679. The molecule has 0 saturated heterocycles. The van der Waals surface area contributed by atoms with E-state index in [1.807, 2.05) is 41.1 Å². The summed E-state index contributed by atoms with van der Waals surface area (Å²) in [4.78, 5) is 35.8. The zero-order valence-electron chi connectivity index (χ0n) is 15.4. The Balaban J connectivity index is 1.36. The van der Waals surface area contributed by atoms with Gasteiger partial charge in [0, 0.05) is 30.6 Å². The second-order valence-electron chi connectivity index (χ2n) is 7.00. The lowest BCUT2D eigenvalue weighted by atomic mass is 9.95. The molecule has 0 bridgehead atoms. The van der Waals surface area contributed by atoms with Crippen molar-refractivity contribution < 1.29 is 14.4 Å². The van der Waals surface area contributed by atoms with Gasteiger partial charge in [0.1, 0.15) is 6.54 Å². The molecule has 1 saturated carbocycles. The maximum Gasteiger partial charge on any atom is 0.258 e. The molecule has 3 amide bonds. The number of carbonyl (C=O) groups excluding carboxylic acids is 3. The Hall–Kier alpha value is -2.83. The number of nitrogens with one attached hydrogen (secondary N) is 3. The van der Waals surface area contributed by atoms with Crippen molar-refractivity contribution in [2.75, 3.05) is 0 Å². The van der Waals surface area contributed by atoms with E-state index in [1.165, 1.54) is 6.42 Å². The van der Waals surface area contributed by atoms with Crippen molar-refractivity contribution in [2.45, 2.75) is 57.5 Å². The van der Waals surface area contributed by atoms with Crippen molar-refractivity contribution in [3.05, 3.63) is 36.5 Å². The first-order chi connectivity index (χ1) is 13.1. The van der Waals surface area contributed by atoms with E-state index in [4.69, 9.17) is 0 Å². The smallest absolute Gasteiger partial charge is 0.258 e. The van der Waals surface area contributed by atoms with Gasteiger partial charge in [0.15, 0.2) is 0 Å². The Kier molecular flexibility index (Phi) is 6.46. The molecular weight excluding hydrogens is 344 g/mol. The molecule has 1 aliphatic carbocycles. The average molecular weight is 370 g/mol. The highest BCUT2D eigenvalue weighted by Gasteiger charge is 2.16. The summed E-state index contributed by atoms with van der Waals surface area (Å²) in [7, 11) is 0. The summed E-state index contributed by atoms with van der Waals surface area (Å²) in [6.45, 7) is 0.107. The van der Waals surface area contributed by atoms with Gasteiger partial charge in [-0.05, 0) is 30.4 Å². The SMILES string of the molecule is O=C(CCC(=O)NC1CCCCC1)NNC(=O)Cn1ccc2ccccc21. The molecule has 0 aliphatic heterocycles. The fourth-order valence-electron chi connectivity index (χ4n) is 3.45. The highest BCUT2D eigenvalue weighted by Crippen LogP contribution is 2.17. The van der Waals surface area contributed by atoms with Crippen molar-refractivity contribution in [2.24, 2.45) is 0 Å². The van der Waals surface area contributed by atoms with Gasteiger partial charge in [-0.3, -0.25) is 25.2 Å². The summed E-state index contributed by atoms with van der Waals surface area (Å²) >= 11 is 0. The highest BCUT2D eigenvalue weighted by molar-refractivity contribution is 5.86. The van der Waals surface area contributed by atoms with Crippen LogP contribution < -0.4 is 16.2 Å². The molecule has 7 heteroatoms. The first-order valence-corrected chi connectivity index (χ1v) is 9.53. The fourth-order valence-corrected chi connectivity index (χ4v) is 3.45. The standard InChI is InChI=1S/C20H26N4O3/c25-18(21-16-7-2-1-3-8-16)10-11-19(26)22-23-20(27)14-24-13-12-15-6-4-5-9-17(15)24/h4-6,9,12-13,16H,1-3,7-8,10-11,14H2,(H,21,25)(H,22,26)(H,23,27). The number of aromatic nitrogens is 1. The largest absolute Gasteiger partial charge is 0.353 e. The molecule has 1 aliphatic rings. The van der Waals surface area contributed by atoms with E-state index in [0.29, 0.717) is 0 Å². The second kappa shape index (κ2) is 9.21. The molecule has 1 aromatic carbocycles. The molecule has 1 fully saturated rings. The summed E-state index contributed by atoms with van der Waals surface area (Å²) < 4.78 is 1.81. The van der Waals surface area contributed by atoms with Crippen LogP contribution in [0.25, 0.3) is 10.9 Å². The summed E-state index contributed by atoms with van der Waals surface area (Å²) in [6.07, 6.45) is 7.56. The summed E-state index contributed by atoms with van der Waals surface area (Å²) in [5.74, 6) is -0.807. The number of rotatable bonds is 6. The monoisotopic (exact) mass is 370 g/mol. The van der Waals surface area contributed by atoms with Crippen molar-refractivity contribution in [1.29, 1.82) is 0 Å². The second-order valence-corrected chi connectivity index (χ2v) is 7.00. The van der Waals surface area contributed by atoms with Crippen LogP contribution in [0.1, 0.15) is 44.9 Å². The first-order valence-electron chi connectivity index (χ1n) is 9.53. The van der Waals surface area contributed by atoms with Gasteiger partial charge >= 0.3 is 0 Å². The lowest BCUT2D eigenvalue weighted by Gasteiger charge is -2.22. The lowest BCUT2D eigenvalue weighted by molar-refractivity contribution is -0.130. The molecule has 0 unspecified atom stereocenters. The number of para-hydroxylation sites is 1. The van der Waals surface area contributed by atoms with Crippen LogP contribution in [-0.2, 0) is 20.9 Å². The van der Waals surface area contributed by atoms with Crippen LogP contribution in [-0.4, -0.2) is 28.3 Å². The number of carbonyl (C=O) groups is 3. The van der Waals surface area contributed by atoms with Gasteiger partial charge < -0.3 is 9.88 Å². The van der Waals surface area contributed by atoms with E-state index in [1.54, 1.807) is 0 Å². The van der Waals surface area contributed by atoms with Gasteiger partial charge in [-0.15, -0.1) is 0 Å². The summed E-state index contributed by atoms with van der Waals surface area (Å²) in [5.41, 5.74) is 5.73. The van der Waals surface area contributed by atoms with Crippen LogP contribution in [0, 0.1) is 0 Å². The fraction of sp³-hybridized carbons (Fsp3) is 0.450. The predicted molar refractivity (Wildman–Crippen MR) is 102 cm³/mol. The molecule has 2 aromatic rings. The average Bonchev–Trinajstić information content (AvgIpc) is 3.08. The van der Waals surface area contributed by atoms with Crippen LogP contribution in [0.2, 0.25) is 0 Å². The Morgan fingerprint density at radius 3 is 2.41 bits per heavy atom. The van der Waals surface area contributed by atoms with Crippen LogP contribution in [0.4, 0.5) is 0 Å². The van der Waals surface area contributed by atoms with Crippen LogP contribution in [0.5, 0.6) is 0 Å². The highest BCUT2D eigenvalue weighted by atomic mass is 16.2. The topological polar surface area (TPSA) is 92.2 Å². The number of fused-ring (bicyclic) bond motifs is 1. The maximum absolute atomic E-state index is 12.0. The number of hydrogen-bond donors (Lipinski definition) is 3. The Morgan fingerprint density at radius 1 is 0.889 bits per heavy atom. The molecule has 1 heterocycles. The van der Waals surface area contributed by atoms with Crippen LogP contribution in [0.3, 0.4) is 0 Å². The van der Waals surface area contributed by atoms with Crippen molar-refractivity contribution in [1.82, 2.24) is 20.7 Å². The van der Waals surface area contributed by atoms with Crippen molar-refractivity contribution in [3.8, 4) is 0 Å². The third-order valence-corrected chi connectivity index (χ3v) is 4.88. The predicted octanol–water partition coefficient (Wildman–Crippen LogP) is 2.02. The molecule has 3 rings (SSSR count). The Bertz CT molecular complexity index is 808. The minimum atomic E-state index is -0.375. The van der Waals surface area contributed by atoms with E-state index in [0.717, 1.165) is 36.6 Å². The molecule has 7 nitrogen and oxygen atoms in total. The van der Waals surface area contributed by atoms with Gasteiger partial charge in [-0.1, -0.05) is 37.5 Å². The number of nitrogens with zero attached hydrogens (tertiary/aromatic N) is 1. The molecule has 0 radical (unpaired) electrons. The number of hydrogen-bond acceptors (Lipinski definition) is 3. The van der Waals surface area contributed by atoms with Gasteiger partial charge in [0.2, 0.25) is 11.8 Å². The Morgan fingerprint density at radius 2 is 1.59 bits per heavy atom. The number of hydrazine groups is 1. The summed E-state index contributed by atoms with van der Waals surface area (Å²) in [5, 5.41) is 4.03. The first kappa shape index (κ1) is 18.9. The van der Waals surface area contributed by atoms with E-state index >= 15 is 0 Å².